The number of nitrogens with zero attached hydrogens (tertiary/aromatic N) is 1. The molecule has 0 aromatic rings. The van der Waals surface area contributed by atoms with Gasteiger partial charge in [-0.15, -0.1) is 0 Å². The number of quaternary nitrogens is 1. The first-order valence-electron chi connectivity index (χ1n) is 22.8. The minimum atomic E-state index is -4.54. The highest BCUT2D eigenvalue weighted by Crippen LogP contribution is 2.38. The molecule has 0 bridgehead atoms. The molecule has 0 rings (SSSR count). The summed E-state index contributed by atoms with van der Waals surface area (Å²) in [6.07, 6.45) is 46.7. The van der Waals surface area contributed by atoms with E-state index in [1.54, 1.807) is 6.26 Å². The summed E-state index contributed by atoms with van der Waals surface area (Å²) in [7, 11) is 1.32. The summed E-state index contributed by atoms with van der Waals surface area (Å²) in [6.45, 7) is 4.72. The average Bonchev–Trinajstić information content (AvgIpc) is 3.13. The number of allylic oxidation sites excluding steroid dienone is 5. The van der Waals surface area contributed by atoms with Crippen LogP contribution >= 0.6 is 7.82 Å². The number of unbranched alkanes of at least 4 members (excludes halogenated alkanes) is 24. The van der Waals surface area contributed by atoms with Crippen LogP contribution in [0.15, 0.2) is 36.6 Å². The molecule has 0 aromatic heterocycles. The van der Waals surface area contributed by atoms with Crippen LogP contribution in [0.4, 0.5) is 0 Å². The number of esters is 1. The Bertz CT molecular complexity index is 978. The molecule has 0 heterocycles. The summed E-state index contributed by atoms with van der Waals surface area (Å²) in [5, 5.41) is 0. The van der Waals surface area contributed by atoms with Crippen molar-refractivity contribution >= 4 is 13.8 Å². The van der Waals surface area contributed by atoms with E-state index in [4.69, 9.17) is 18.5 Å². The van der Waals surface area contributed by atoms with Gasteiger partial charge in [0.05, 0.1) is 34.0 Å². The fourth-order valence-electron chi connectivity index (χ4n) is 6.15. The van der Waals surface area contributed by atoms with Gasteiger partial charge in [-0.25, -0.2) is 0 Å². The molecule has 1 unspecified atom stereocenters. The number of likely N-dealkylation sites (N-methyl/N-ethyl adjacent to an activating group) is 1. The van der Waals surface area contributed by atoms with Gasteiger partial charge in [-0.2, -0.15) is 0 Å². The molecule has 0 saturated carbocycles. The van der Waals surface area contributed by atoms with Crippen molar-refractivity contribution in [2.24, 2.45) is 0 Å². The van der Waals surface area contributed by atoms with Gasteiger partial charge in [0.2, 0.25) is 0 Å². The van der Waals surface area contributed by atoms with E-state index in [2.05, 4.69) is 38.2 Å². The van der Waals surface area contributed by atoms with Crippen LogP contribution < -0.4 is 4.89 Å². The zero-order valence-corrected chi connectivity index (χ0v) is 37.5. The third kappa shape index (κ3) is 43.5. The number of hydrogen-bond acceptors (Lipinski definition) is 7. The van der Waals surface area contributed by atoms with E-state index in [-0.39, 0.29) is 25.8 Å². The molecule has 55 heavy (non-hydrogen) atoms. The Labute approximate surface area is 340 Å². The third-order valence-corrected chi connectivity index (χ3v) is 10.7. The number of carbonyl (C=O) groups excluding carboxylic acids is 1. The number of ether oxygens (including phenoxy) is 2. The monoisotopic (exact) mass is 798 g/mol. The minimum absolute atomic E-state index is 0.0148. The molecule has 8 nitrogen and oxygen atoms in total. The lowest BCUT2D eigenvalue weighted by Crippen LogP contribution is -2.37. The number of rotatable bonds is 42. The highest BCUT2D eigenvalue weighted by Gasteiger charge is 2.20. The first kappa shape index (κ1) is 53.6. The lowest BCUT2D eigenvalue weighted by atomic mass is 10.1. The predicted octanol–water partition coefficient (Wildman–Crippen LogP) is 13.1. The lowest BCUT2D eigenvalue weighted by Gasteiger charge is -2.28. The standard InChI is InChI=1S/C46H88NO7P/c1-6-8-10-12-14-16-18-20-22-24-25-27-29-31-33-35-37-39-46(48)54-45(44-53-55(49,50)52-42-40-47(3,4)5)43-51-41-38-36-34-32-30-28-26-23-21-19-17-15-13-11-9-7-2/h17,19-20,22,38,41,45H,6-16,18,21,23-37,39-40,42-44H2,1-5H3/b19-17-,22-20-,41-38-/t45-/m1/s1. The average molecular weight is 798 g/mol. The molecule has 0 fully saturated rings. The van der Waals surface area contributed by atoms with E-state index in [1.807, 2.05) is 27.2 Å². The van der Waals surface area contributed by atoms with Gasteiger partial charge in [-0.3, -0.25) is 9.36 Å². The molecule has 0 amide bonds. The topological polar surface area (TPSA) is 94.1 Å². The van der Waals surface area contributed by atoms with Crippen LogP contribution in [0, 0.1) is 0 Å². The van der Waals surface area contributed by atoms with Gasteiger partial charge in [0.15, 0.2) is 6.10 Å². The van der Waals surface area contributed by atoms with Crippen LogP contribution in [-0.4, -0.2) is 64.1 Å². The fourth-order valence-corrected chi connectivity index (χ4v) is 6.88. The molecule has 324 valence electrons. The highest BCUT2D eigenvalue weighted by molar-refractivity contribution is 7.45. The number of carbonyl (C=O) groups is 1. The summed E-state index contributed by atoms with van der Waals surface area (Å²) in [6, 6.07) is 0. The summed E-state index contributed by atoms with van der Waals surface area (Å²) >= 11 is 0. The van der Waals surface area contributed by atoms with Gasteiger partial charge in [-0.1, -0.05) is 147 Å². The van der Waals surface area contributed by atoms with Crippen LogP contribution in [0.5, 0.6) is 0 Å². The summed E-state index contributed by atoms with van der Waals surface area (Å²) < 4.78 is 34.4. The Morgan fingerprint density at radius 3 is 1.42 bits per heavy atom. The molecule has 0 saturated heterocycles. The first-order valence-corrected chi connectivity index (χ1v) is 24.2. The van der Waals surface area contributed by atoms with Crippen molar-refractivity contribution in [2.45, 2.75) is 206 Å². The molecule has 2 atom stereocenters. The number of phosphoric ester groups is 1. The fraction of sp³-hybridized carbons (Fsp3) is 0.848. The van der Waals surface area contributed by atoms with Gasteiger partial charge in [0.1, 0.15) is 19.8 Å². The molecule has 0 radical (unpaired) electrons. The molecule has 0 N–H and O–H groups in total. The summed E-state index contributed by atoms with van der Waals surface area (Å²) in [5.41, 5.74) is 0. The second-order valence-electron chi connectivity index (χ2n) is 16.5. The normalized spacial score (nSPS) is 14.0. The Morgan fingerprint density at radius 2 is 0.964 bits per heavy atom. The van der Waals surface area contributed by atoms with Crippen LogP contribution in [0.1, 0.15) is 200 Å². The maximum atomic E-state index is 12.7. The van der Waals surface area contributed by atoms with Crippen LogP contribution in [-0.2, 0) is 27.9 Å². The smallest absolute Gasteiger partial charge is 0.306 e. The van der Waals surface area contributed by atoms with Gasteiger partial charge in [-0.05, 0) is 76.7 Å². The summed E-state index contributed by atoms with van der Waals surface area (Å²) in [4.78, 5) is 25.0. The minimum Gasteiger partial charge on any atom is -0.756 e. The van der Waals surface area contributed by atoms with Crippen molar-refractivity contribution in [3.05, 3.63) is 36.6 Å². The van der Waals surface area contributed by atoms with Gasteiger partial charge < -0.3 is 27.9 Å². The quantitative estimate of drug-likeness (QED) is 0.0152. The number of hydrogen-bond donors (Lipinski definition) is 0. The van der Waals surface area contributed by atoms with E-state index in [0.29, 0.717) is 17.4 Å². The van der Waals surface area contributed by atoms with Crippen molar-refractivity contribution in [2.75, 3.05) is 47.5 Å². The van der Waals surface area contributed by atoms with E-state index in [1.165, 1.54) is 148 Å². The Kier molecular flexibility index (Phi) is 38.4. The Balaban J connectivity index is 4.28. The van der Waals surface area contributed by atoms with Gasteiger partial charge in [0.25, 0.3) is 7.82 Å². The molecule has 9 heteroatoms. The van der Waals surface area contributed by atoms with E-state index in [9.17, 15) is 14.3 Å². The summed E-state index contributed by atoms with van der Waals surface area (Å²) in [5.74, 6) is -0.362. The van der Waals surface area contributed by atoms with Crippen molar-refractivity contribution in [1.29, 1.82) is 0 Å². The number of phosphoric acid groups is 1. The third-order valence-electron chi connectivity index (χ3n) is 9.73. The van der Waals surface area contributed by atoms with Crippen molar-refractivity contribution in [3.63, 3.8) is 0 Å². The van der Waals surface area contributed by atoms with Crippen molar-refractivity contribution in [1.82, 2.24) is 0 Å². The molecule has 0 aliphatic rings. The maximum absolute atomic E-state index is 12.7. The SMILES string of the molecule is CCCCCC/C=C\CCCCCCCC/C=C\OC[C@H](COP(=O)([O-])OCC[N+](C)(C)C)OC(=O)CCCCCCCCC/C=C\CCCCCCCC. The van der Waals surface area contributed by atoms with Gasteiger partial charge >= 0.3 is 5.97 Å². The van der Waals surface area contributed by atoms with Crippen LogP contribution in [0.3, 0.4) is 0 Å². The molecular formula is C46H88NO7P. The second kappa shape index (κ2) is 39.4. The molecule has 0 aliphatic heterocycles. The predicted molar refractivity (Wildman–Crippen MR) is 231 cm³/mol. The van der Waals surface area contributed by atoms with E-state index < -0.39 is 13.9 Å². The van der Waals surface area contributed by atoms with Crippen LogP contribution in [0.25, 0.3) is 0 Å². The molecule has 0 spiro atoms. The maximum Gasteiger partial charge on any atom is 0.306 e. The first-order chi connectivity index (χ1) is 26.6. The van der Waals surface area contributed by atoms with E-state index >= 15 is 0 Å². The van der Waals surface area contributed by atoms with E-state index in [0.717, 1.165) is 32.1 Å². The lowest BCUT2D eigenvalue weighted by molar-refractivity contribution is -0.870. The van der Waals surface area contributed by atoms with Crippen molar-refractivity contribution < 1.29 is 37.3 Å². The highest BCUT2D eigenvalue weighted by atomic mass is 31.2. The van der Waals surface area contributed by atoms with Gasteiger partial charge in [0, 0.05) is 6.42 Å². The molecule has 0 aliphatic carbocycles. The Morgan fingerprint density at radius 1 is 0.564 bits per heavy atom. The molecular weight excluding hydrogens is 709 g/mol. The largest absolute Gasteiger partial charge is 0.756 e. The van der Waals surface area contributed by atoms with Crippen molar-refractivity contribution in [3.8, 4) is 0 Å². The van der Waals surface area contributed by atoms with Crippen LogP contribution in [0.2, 0.25) is 0 Å². The molecule has 0 aromatic carbocycles. The zero-order chi connectivity index (χ0) is 40.6. The Hall–Kier alpha value is -1.44. The zero-order valence-electron chi connectivity index (χ0n) is 36.6. The second-order valence-corrected chi connectivity index (χ2v) is 17.9.